The highest BCUT2D eigenvalue weighted by atomic mass is 35.5. The molecule has 0 spiro atoms. The third-order valence-corrected chi connectivity index (χ3v) is 4.86. The van der Waals surface area contributed by atoms with Crippen LogP contribution >= 0.6 is 11.6 Å². The lowest BCUT2D eigenvalue weighted by Crippen LogP contribution is -2.42. The Kier molecular flexibility index (Phi) is 4.62. The number of rotatable bonds is 4. The summed E-state index contributed by atoms with van der Waals surface area (Å²) in [5.74, 6) is -0.305. The lowest BCUT2D eigenvalue weighted by Gasteiger charge is -2.11. The van der Waals surface area contributed by atoms with Gasteiger partial charge in [-0.15, -0.1) is 0 Å². The molecular formula is C13H16ClN3O4S. The van der Waals surface area contributed by atoms with E-state index in [-0.39, 0.29) is 28.4 Å². The van der Waals surface area contributed by atoms with Crippen molar-refractivity contribution in [2.24, 2.45) is 0 Å². The summed E-state index contributed by atoms with van der Waals surface area (Å²) in [6.07, 6.45) is 1.08. The highest BCUT2D eigenvalue weighted by molar-refractivity contribution is 7.90. The third-order valence-electron chi connectivity index (χ3n) is 3.28. The molecule has 0 bridgehead atoms. The lowest BCUT2D eigenvalue weighted by molar-refractivity contribution is -0.122. The zero-order valence-electron chi connectivity index (χ0n) is 12.1. The first kappa shape index (κ1) is 16.6. The van der Waals surface area contributed by atoms with Gasteiger partial charge in [-0.1, -0.05) is 17.7 Å². The summed E-state index contributed by atoms with van der Waals surface area (Å²) < 4.78 is 22.9. The van der Waals surface area contributed by atoms with Gasteiger partial charge in [0, 0.05) is 19.8 Å². The minimum Gasteiger partial charge on any atom is -0.350 e. The van der Waals surface area contributed by atoms with Gasteiger partial charge in [-0.3, -0.25) is 4.79 Å². The van der Waals surface area contributed by atoms with E-state index in [9.17, 15) is 18.0 Å². The molecule has 1 atom stereocenters. The van der Waals surface area contributed by atoms with Gasteiger partial charge in [-0.05, 0) is 17.7 Å². The monoisotopic (exact) mass is 345 g/mol. The molecule has 1 fully saturated rings. The summed E-state index contributed by atoms with van der Waals surface area (Å²) in [5, 5.41) is 5.34. The van der Waals surface area contributed by atoms with Crippen LogP contribution in [-0.2, 0) is 21.2 Å². The summed E-state index contributed by atoms with van der Waals surface area (Å²) in [6.45, 7) is 0.497. The first-order valence-corrected chi connectivity index (χ1v) is 8.73. The second kappa shape index (κ2) is 6.13. The molecule has 2 rings (SSSR count). The Morgan fingerprint density at radius 2 is 2.18 bits per heavy atom. The van der Waals surface area contributed by atoms with Crippen molar-refractivity contribution in [2.75, 3.05) is 19.8 Å². The van der Waals surface area contributed by atoms with Crippen LogP contribution in [0, 0.1) is 0 Å². The summed E-state index contributed by atoms with van der Waals surface area (Å²) in [7, 11) is -1.78. The van der Waals surface area contributed by atoms with E-state index >= 15 is 0 Å². The van der Waals surface area contributed by atoms with Crippen molar-refractivity contribution in [1.82, 2.24) is 15.5 Å². The Morgan fingerprint density at radius 1 is 1.50 bits per heavy atom. The molecule has 1 aliphatic heterocycles. The molecule has 0 aromatic heterocycles. The molecule has 3 amide bonds. The van der Waals surface area contributed by atoms with E-state index in [0.29, 0.717) is 12.1 Å². The SMILES string of the molecule is CN1CC(C(=O)NCc2ccc(S(C)(=O)=O)c(Cl)c2)NC1=O. The van der Waals surface area contributed by atoms with Crippen molar-refractivity contribution in [3.63, 3.8) is 0 Å². The summed E-state index contributed by atoms with van der Waals surface area (Å²) in [4.78, 5) is 24.7. The number of hydrogen-bond donors (Lipinski definition) is 2. The van der Waals surface area contributed by atoms with Crippen LogP contribution in [0.1, 0.15) is 5.56 Å². The topological polar surface area (TPSA) is 95.6 Å². The number of urea groups is 1. The summed E-state index contributed by atoms with van der Waals surface area (Å²) in [5.41, 5.74) is 0.670. The summed E-state index contributed by atoms with van der Waals surface area (Å²) in [6, 6.07) is 3.60. The Hall–Kier alpha value is -1.80. The van der Waals surface area contributed by atoms with Crippen molar-refractivity contribution >= 4 is 33.4 Å². The van der Waals surface area contributed by atoms with Gasteiger partial charge in [0.15, 0.2) is 9.84 Å². The van der Waals surface area contributed by atoms with Crippen molar-refractivity contribution in [2.45, 2.75) is 17.5 Å². The average molecular weight is 346 g/mol. The van der Waals surface area contributed by atoms with Crippen LogP contribution in [0.5, 0.6) is 0 Å². The molecule has 0 aliphatic carbocycles. The number of nitrogens with zero attached hydrogens (tertiary/aromatic N) is 1. The average Bonchev–Trinajstić information content (AvgIpc) is 2.74. The molecule has 0 saturated carbocycles. The molecule has 1 saturated heterocycles. The maximum absolute atomic E-state index is 11.9. The summed E-state index contributed by atoms with van der Waals surface area (Å²) >= 11 is 5.94. The van der Waals surface area contributed by atoms with Gasteiger partial charge in [-0.25, -0.2) is 13.2 Å². The zero-order valence-corrected chi connectivity index (χ0v) is 13.7. The lowest BCUT2D eigenvalue weighted by atomic mass is 10.2. The van der Waals surface area contributed by atoms with Crippen LogP contribution < -0.4 is 10.6 Å². The number of sulfone groups is 1. The van der Waals surface area contributed by atoms with Crippen molar-refractivity contribution in [3.8, 4) is 0 Å². The highest BCUT2D eigenvalue weighted by Gasteiger charge is 2.30. The van der Waals surface area contributed by atoms with Crippen LogP contribution in [0.2, 0.25) is 5.02 Å². The number of hydrogen-bond acceptors (Lipinski definition) is 4. The van der Waals surface area contributed by atoms with Crippen LogP contribution in [0.25, 0.3) is 0 Å². The van der Waals surface area contributed by atoms with Crippen LogP contribution in [0.3, 0.4) is 0 Å². The highest BCUT2D eigenvalue weighted by Crippen LogP contribution is 2.22. The molecule has 1 heterocycles. The largest absolute Gasteiger partial charge is 0.350 e. The molecule has 1 aromatic carbocycles. The fourth-order valence-electron chi connectivity index (χ4n) is 2.08. The van der Waals surface area contributed by atoms with E-state index in [1.807, 2.05) is 0 Å². The van der Waals surface area contributed by atoms with E-state index in [1.165, 1.54) is 17.0 Å². The maximum atomic E-state index is 11.9. The molecule has 0 radical (unpaired) electrons. The van der Waals surface area contributed by atoms with Crippen LogP contribution in [-0.4, -0.2) is 51.1 Å². The number of carbonyl (C=O) groups is 2. The maximum Gasteiger partial charge on any atom is 0.317 e. The van der Waals surface area contributed by atoms with Gasteiger partial charge in [0.05, 0.1) is 16.5 Å². The van der Waals surface area contributed by atoms with E-state index < -0.39 is 15.9 Å². The number of amides is 3. The van der Waals surface area contributed by atoms with E-state index in [2.05, 4.69) is 10.6 Å². The van der Waals surface area contributed by atoms with Crippen molar-refractivity contribution in [3.05, 3.63) is 28.8 Å². The Balaban J connectivity index is 1.99. The van der Waals surface area contributed by atoms with Crippen LogP contribution in [0.15, 0.2) is 23.1 Å². The molecule has 120 valence electrons. The smallest absolute Gasteiger partial charge is 0.317 e. The van der Waals surface area contributed by atoms with E-state index in [4.69, 9.17) is 11.6 Å². The fraction of sp³-hybridized carbons (Fsp3) is 0.385. The number of nitrogens with one attached hydrogen (secondary N) is 2. The van der Waals surface area contributed by atoms with E-state index in [1.54, 1.807) is 13.1 Å². The van der Waals surface area contributed by atoms with Crippen LogP contribution in [0.4, 0.5) is 4.79 Å². The minimum atomic E-state index is -3.38. The zero-order chi connectivity index (χ0) is 16.5. The van der Waals surface area contributed by atoms with Gasteiger partial charge in [0.1, 0.15) is 6.04 Å². The predicted molar refractivity (Wildman–Crippen MR) is 81.4 cm³/mol. The molecule has 2 N–H and O–H groups in total. The minimum absolute atomic E-state index is 0.0499. The molecular weight excluding hydrogens is 330 g/mol. The van der Waals surface area contributed by atoms with Gasteiger partial charge < -0.3 is 15.5 Å². The van der Waals surface area contributed by atoms with E-state index in [0.717, 1.165) is 6.26 Å². The Morgan fingerprint density at radius 3 is 2.68 bits per heavy atom. The number of halogens is 1. The number of carbonyl (C=O) groups excluding carboxylic acids is 2. The number of likely N-dealkylation sites (N-methyl/N-ethyl adjacent to an activating group) is 1. The molecule has 7 nitrogen and oxygen atoms in total. The predicted octanol–water partition coefficient (Wildman–Crippen LogP) is 0.383. The first-order valence-electron chi connectivity index (χ1n) is 6.46. The molecule has 9 heteroatoms. The van der Waals surface area contributed by atoms with Crippen molar-refractivity contribution < 1.29 is 18.0 Å². The number of benzene rings is 1. The molecule has 1 unspecified atom stereocenters. The van der Waals surface area contributed by atoms with Gasteiger partial charge in [0.2, 0.25) is 5.91 Å². The molecule has 1 aliphatic rings. The fourth-order valence-corrected chi connectivity index (χ4v) is 3.43. The standard InChI is InChI=1S/C13H16ClN3O4S/c1-17-7-10(16-13(17)19)12(18)15-6-8-3-4-11(9(14)5-8)22(2,20)21/h3-5,10H,6-7H2,1-2H3,(H,15,18)(H,16,19). The van der Waals surface area contributed by atoms with Gasteiger partial charge in [0.25, 0.3) is 0 Å². The Bertz CT molecular complexity index is 720. The molecule has 22 heavy (non-hydrogen) atoms. The third kappa shape index (κ3) is 3.69. The quantitative estimate of drug-likeness (QED) is 0.824. The first-order chi connectivity index (χ1) is 10.2. The Labute approximate surface area is 133 Å². The second-order valence-corrected chi connectivity index (χ2v) is 7.53. The molecule has 1 aromatic rings. The second-order valence-electron chi connectivity index (χ2n) is 5.14. The van der Waals surface area contributed by atoms with Crippen molar-refractivity contribution in [1.29, 1.82) is 0 Å². The van der Waals surface area contributed by atoms with Gasteiger partial charge in [-0.2, -0.15) is 0 Å². The normalized spacial score (nSPS) is 18.2. The van der Waals surface area contributed by atoms with Gasteiger partial charge >= 0.3 is 6.03 Å².